The fraction of sp³-hybridized carbons (Fsp3) is 0.345. The van der Waals surface area contributed by atoms with E-state index in [1.807, 2.05) is 35.8 Å². The van der Waals surface area contributed by atoms with E-state index in [0.29, 0.717) is 42.3 Å². The summed E-state index contributed by atoms with van der Waals surface area (Å²) in [6.07, 6.45) is 5.15. The lowest BCUT2D eigenvalue weighted by Gasteiger charge is -2.37. The summed E-state index contributed by atoms with van der Waals surface area (Å²) in [5.74, 6) is -1.10. The second-order valence-electron chi connectivity index (χ2n) is 8.38. The molecule has 3 heterocycles. The van der Waals surface area contributed by atoms with Gasteiger partial charge in [0.15, 0.2) is 0 Å². The predicted molar refractivity (Wildman–Crippen MR) is 159 cm³/mol. The number of benzene rings is 1. The van der Waals surface area contributed by atoms with Gasteiger partial charge in [-0.05, 0) is 37.0 Å². The van der Waals surface area contributed by atoms with E-state index >= 15 is 0 Å². The Labute approximate surface area is 236 Å². The Hall–Kier alpha value is -3.37. The van der Waals surface area contributed by atoms with Crippen LogP contribution in [-0.2, 0) is 16.1 Å². The molecular formula is C29H34FN3O4S2. The van der Waals surface area contributed by atoms with Gasteiger partial charge in [-0.2, -0.15) is 0 Å². The average Bonchev–Trinajstić information content (AvgIpc) is 3.44. The Morgan fingerprint density at radius 2 is 1.79 bits per heavy atom. The van der Waals surface area contributed by atoms with Gasteiger partial charge in [-0.1, -0.05) is 38.6 Å². The maximum Gasteiger partial charge on any atom is 0.345 e. The van der Waals surface area contributed by atoms with Gasteiger partial charge in [0.1, 0.15) is 11.4 Å². The summed E-state index contributed by atoms with van der Waals surface area (Å²) in [7, 11) is 0. The molecule has 0 N–H and O–H groups in total. The molecule has 2 aromatic heterocycles. The lowest BCUT2D eigenvalue weighted by molar-refractivity contribution is -0.126. The van der Waals surface area contributed by atoms with Crippen molar-refractivity contribution in [2.24, 2.45) is 0 Å². The van der Waals surface area contributed by atoms with E-state index in [4.69, 9.17) is 4.74 Å². The molecule has 0 radical (unpaired) electrons. The van der Waals surface area contributed by atoms with Crippen molar-refractivity contribution >= 4 is 51.6 Å². The average molecular weight is 572 g/mol. The molecular weight excluding hydrogens is 537 g/mol. The second kappa shape index (κ2) is 14.1. The van der Waals surface area contributed by atoms with Crippen LogP contribution in [0.15, 0.2) is 63.5 Å². The zero-order valence-electron chi connectivity index (χ0n) is 22.7. The van der Waals surface area contributed by atoms with Crippen LogP contribution in [-0.4, -0.2) is 60.4 Å². The minimum Gasteiger partial charge on any atom is -0.462 e. The minimum atomic E-state index is -0.680. The second-order valence-corrected chi connectivity index (χ2v) is 9.97. The summed E-state index contributed by atoms with van der Waals surface area (Å²) >= 11 is 2.81. The van der Waals surface area contributed by atoms with Crippen molar-refractivity contribution in [3.05, 3.63) is 86.0 Å². The highest BCUT2D eigenvalue weighted by molar-refractivity contribution is 8.03. The number of ether oxygens (including phenoxy) is 1. The first-order chi connectivity index (χ1) is 18.9. The SMILES string of the molecule is C=C/C=C(\SC)C(=O)N1CCN(c2c(C(=O)OCC)c(=O)n(Cc3ccc(F)cc3)c3cscc23)CC1.CC. The van der Waals surface area contributed by atoms with E-state index in [2.05, 4.69) is 6.58 Å². The van der Waals surface area contributed by atoms with Crippen molar-refractivity contribution < 1.29 is 18.7 Å². The molecule has 0 unspecified atom stereocenters. The molecule has 4 rings (SSSR count). The summed E-state index contributed by atoms with van der Waals surface area (Å²) in [6, 6.07) is 5.94. The van der Waals surface area contributed by atoms with Crippen LogP contribution < -0.4 is 10.5 Å². The molecule has 39 heavy (non-hydrogen) atoms. The Morgan fingerprint density at radius 3 is 2.38 bits per heavy atom. The van der Waals surface area contributed by atoms with E-state index in [9.17, 15) is 18.8 Å². The van der Waals surface area contributed by atoms with Gasteiger partial charge in [0.05, 0.1) is 29.3 Å². The van der Waals surface area contributed by atoms with Crippen LogP contribution in [0, 0.1) is 5.82 Å². The number of halogens is 1. The normalized spacial score (nSPS) is 13.6. The summed E-state index contributed by atoms with van der Waals surface area (Å²) in [5.41, 5.74) is 1.49. The van der Waals surface area contributed by atoms with Gasteiger partial charge in [0.2, 0.25) is 0 Å². The molecule has 0 bridgehead atoms. The number of pyridine rings is 1. The van der Waals surface area contributed by atoms with Gasteiger partial charge in [-0.15, -0.1) is 23.1 Å². The van der Waals surface area contributed by atoms with Crippen molar-refractivity contribution in [1.82, 2.24) is 9.47 Å². The highest BCUT2D eigenvalue weighted by Gasteiger charge is 2.31. The van der Waals surface area contributed by atoms with Crippen LogP contribution in [0.1, 0.15) is 36.7 Å². The Kier molecular flexibility index (Phi) is 10.9. The first kappa shape index (κ1) is 30.2. The predicted octanol–water partition coefficient (Wildman–Crippen LogP) is 5.53. The molecule has 10 heteroatoms. The van der Waals surface area contributed by atoms with Crippen molar-refractivity contribution in [3.63, 3.8) is 0 Å². The number of nitrogens with zero attached hydrogens (tertiary/aromatic N) is 3. The number of thioether (sulfide) groups is 1. The number of amides is 1. The standard InChI is InChI=1S/C27H28FN3O4S2.C2H6/c1-4-6-22(36-3)25(32)30-13-11-29(12-14-30)24-20-16-37-17-21(20)31(15-18-7-9-19(28)10-8-18)26(33)23(24)27(34)35-5-2;1-2/h4,6-10,16-17H,1,5,11-15H2,2-3H3;1-2H3/b22-6-;. The molecule has 1 saturated heterocycles. The Morgan fingerprint density at radius 1 is 1.13 bits per heavy atom. The van der Waals surface area contributed by atoms with E-state index in [1.165, 1.54) is 35.2 Å². The first-order valence-corrected chi connectivity index (χ1v) is 15.0. The fourth-order valence-electron chi connectivity index (χ4n) is 4.42. The first-order valence-electron chi connectivity index (χ1n) is 12.8. The van der Waals surface area contributed by atoms with Crippen LogP contribution >= 0.6 is 23.1 Å². The lowest BCUT2D eigenvalue weighted by atomic mass is 10.1. The summed E-state index contributed by atoms with van der Waals surface area (Å²) in [5, 5.41) is 4.57. The maximum atomic E-state index is 13.8. The number of hydrogen-bond donors (Lipinski definition) is 0. The monoisotopic (exact) mass is 571 g/mol. The lowest BCUT2D eigenvalue weighted by Crippen LogP contribution is -2.50. The topological polar surface area (TPSA) is 71.9 Å². The van der Waals surface area contributed by atoms with E-state index in [0.717, 1.165) is 10.9 Å². The Balaban J connectivity index is 0.00000205. The van der Waals surface area contributed by atoms with E-state index in [1.54, 1.807) is 40.7 Å². The molecule has 7 nitrogen and oxygen atoms in total. The van der Waals surface area contributed by atoms with Crippen LogP contribution in [0.5, 0.6) is 0 Å². The number of esters is 1. The highest BCUT2D eigenvalue weighted by atomic mass is 32.2. The Bertz CT molecular complexity index is 1400. The molecule has 1 aromatic carbocycles. The number of allylic oxidation sites excluding steroid dienone is 2. The number of piperazine rings is 1. The van der Waals surface area contributed by atoms with Crippen molar-refractivity contribution in [1.29, 1.82) is 0 Å². The van der Waals surface area contributed by atoms with Crippen LogP contribution in [0.2, 0.25) is 0 Å². The summed E-state index contributed by atoms with van der Waals surface area (Å²) in [6.45, 7) is 11.5. The molecule has 0 aliphatic carbocycles. The number of fused-ring (bicyclic) bond motifs is 1. The highest BCUT2D eigenvalue weighted by Crippen LogP contribution is 2.33. The molecule has 0 atom stereocenters. The van der Waals surface area contributed by atoms with Crippen molar-refractivity contribution in [2.45, 2.75) is 27.3 Å². The molecule has 0 spiro atoms. The minimum absolute atomic E-state index is 0.0222. The third kappa shape index (κ3) is 6.62. The summed E-state index contributed by atoms with van der Waals surface area (Å²) < 4.78 is 20.3. The molecule has 1 aliphatic rings. The number of aromatic nitrogens is 1. The van der Waals surface area contributed by atoms with Gasteiger partial charge < -0.3 is 19.1 Å². The van der Waals surface area contributed by atoms with Gasteiger partial charge in [-0.25, -0.2) is 9.18 Å². The molecule has 1 aliphatic heterocycles. The largest absolute Gasteiger partial charge is 0.462 e. The number of thiophene rings is 1. The zero-order chi connectivity index (χ0) is 28.5. The number of anilines is 1. The molecule has 0 saturated carbocycles. The van der Waals surface area contributed by atoms with Crippen molar-refractivity contribution in [2.75, 3.05) is 43.9 Å². The van der Waals surface area contributed by atoms with E-state index < -0.39 is 11.5 Å². The molecule has 1 amide bonds. The number of carbonyl (C=O) groups is 2. The zero-order valence-corrected chi connectivity index (χ0v) is 24.4. The van der Waals surface area contributed by atoms with Crippen LogP contribution in [0.4, 0.5) is 10.1 Å². The molecule has 208 valence electrons. The number of rotatable bonds is 8. The molecule has 3 aromatic rings. The number of hydrogen-bond acceptors (Lipinski definition) is 7. The van der Waals surface area contributed by atoms with Gasteiger partial charge in [0.25, 0.3) is 11.5 Å². The van der Waals surface area contributed by atoms with Crippen LogP contribution in [0.3, 0.4) is 0 Å². The van der Waals surface area contributed by atoms with Gasteiger partial charge in [-0.3, -0.25) is 9.59 Å². The van der Waals surface area contributed by atoms with Crippen LogP contribution in [0.25, 0.3) is 10.9 Å². The third-order valence-electron chi connectivity index (χ3n) is 6.20. The quantitative estimate of drug-likeness (QED) is 0.201. The third-order valence-corrected chi connectivity index (χ3v) is 7.68. The fourth-order valence-corrected chi connectivity index (χ4v) is 5.78. The molecule has 1 fully saturated rings. The summed E-state index contributed by atoms with van der Waals surface area (Å²) in [4.78, 5) is 44.2. The van der Waals surface area contributed by atoms with E-state index in [-0.39, 0.29) is 30.4 Å². The van der Waals surface area contributed by atoms with Crippen molar-refractivity contribution in [3.8, 4) is 0 Å². The smallest absolute Gasteiger partial charge is 0.345 e. The maximum absolute atomic E-state index is 13.8. The van der Waals surface area contributed by atoms with Gasteiger partial charge >= 0.3 is 5.97 Å². The van der Waals surface area contributed by atoms with Gasteiger partial charge in [0, 0.05) is 42.3 Å². The number of carbonyl (C=O) groups excluding carboxylic acids is 2.